The molecule has 1 aromatic carbocycles. The lowest BCUT2D eigenvalue weighted by Gasteiger charge is -2.25. The number of benzene rings is 1. The van der Waals surface area contributed by atoms with E-state index < -0.39 is 0 Å². The normalized spacial score (nSPS) is 15.5. The van der Waals surface area contributed by atoms with Crippen LogP contribution in [0.15, 0.2) is 47.5 Å². The van der Waals surface area contributed by atoms with Gasteiger partial charge in [0, 0.05) is 61.9 Å². The van der Waals surface area contributed by atoms with Crippen molar-refractivity contribution in [3.8, 4) is 0 Å². The van der Waals surface area contributed by atoms with Crippen molar-refractivity contribution < 1.29 is 13.9 Å². The molecule has 1 N–H and O–H groups in total. The Hall–Kier alpha value is -2.88. The van der Waals surface area contributed by atoms with Crippen LogP contribution in [0.25, 0.3) is 10.8 Å². The number of rotatable bonds is 10. The summed E-state index contributed by atoms with van der Waals surface area (Å²) in [6.07, 6.45) is 6.36. The molecule has 1 atom stereocenters. The van der Waals surface area contributed by atoms with Crippen LogP contribution >= 0.6 is 11.6 Å². The fourth-order valence-electron chi connectivity index (χ4n) is 4.46. The van der Waals surface area contributed by atoms with Crippen molar-refractivity contribution in [3.05, 3.63) is 69.4 Å². The molecule has 3 heterocycles. The number of amides is 1. The number of aromatic nitrogens is 3. The van der Waals surface area contributed by atoms with Crippen LogP contribution in [-0.4, -0.2) is 72.1 Å². The van der Waals surface area contributed by atoms with Crippen LogP contribution in [-0.2, 0) is 22.5 Å². The van der Waals surface area contributed by atoms with Gasteiger partial charge >= 0.3 is 0 Å². The molecule has 0 saturated carbocycles. The van der Waals surface area contributed by atoms with Crippen LogP contribution in [0.1, 0.15) is 30.5 Å². The van der Waals surface area contributed by atoms with Crippen LogP contribution in [0.3, 0.4) is 0 Å². The second-order valence-corrected chi connectivity index (χ2v) is 9.02. The van der Waals surface area contributed by atoms with Gasteiger partial charge in [-0.25, -0.2) is 4.68 Å². The molecule has 36 heavy (non-hydrogen) atoms. The summed E-state index contributed by atoms with van der Waals surface area (Å²) in [6, 6.07) is 9.63. The fraction of sp³-hybridized carbons (Fsp3) is 0.462. The molecule has 0 aliphatic carbocycles. The maximum Gasteiger partial charge on any atom is 0.274 e. The molecule has 1 amide bonds. The van der Waals surface area contributed by atoms with Crippen molar-refractivity contribution in [2.75, 3.05) is 40.5 Å². The Kier molecular flexibility index (Phi) is 10.8. The summed E-state index contributed by atoms with van der Waals surface area (Å²) in [7, 11) is 2.09. The van der Waals surface area contributed by atoms with E-state index in [0.717, 1.165) is 42.6 Å². The molecule has 1 aliphatic heterocycles. The molecule has 0 bridgehead atoms. The number of likely N-dealkylation sites (tertiary alicyclic amines) is 1. The molecule has 10 heteroatoms. The third-order valence-electron chi connectivity index (χ3n) is 6.26. The van der Waals surface area contributed by atoms with Gasteiger partial charge < -0.3 is 10.1 Å². The third-order valence-corrected chi connectivity index (χ3v) is 6.51. The number of nitrogens with zero attached hydrogens (tertiary/aromatic N) is 4. The first-order valence-corrected chi connectivity index (χ1v) is 12.4. The molecule has 0 spiro atoms. The fourth-order valence-corrected chi connectivity index (χ4v) is 4.59. The lowest BCUT2D eigenvalue weighted by molar-refractivity contribution is -0.122. The Morgan fingerprint density at radius 3 is 2.75 bits per heavy atom. The first kappa shape index (κ1) is 27.7. The molecule has 4 rings (SSSR count). The zero-order valence-electron chi connectivity index (χ0n) is 20.8. The van der Waals surface area contributed by atoms with Gasteiger partial charge in [0.05, 0.1) is 31.4 Å². The molecule has 1 saturated heterocycles. The number of nitrogens with one attached hydrogen (secondary N) is 1. The molecular weight excluding hydrogens is 485 g/mol. The van der Waals surface area contributed by atoms with Gasteiger partial charge in [-0.15, -0.1) is 0 Å². The molecule has 2 aromatic heterocycles. The molecule has 1 aliphatic rings. The Bertz CT molecular complexity index is 1190. The van der Waals surface area contributed by atoms with Crippen LogP contribution in [0.5, 0.6) is 0 Å². The van der Waals surface area contributed by atoms with Crippen molar-refractivity contribution in [2.45, 2.75) is 38.3 Å². The van der Waals surface area contributed by atoms with E-state index in [0.29, 0.717) is 50.1 Å². The summed E-state index contributed by atoms with van der Waals surface area (Å²) >= 11 is 6.04. The van der Waals surface area contributed by atoms with Crippen LogP contribution < -0.4 is 10.9 Å². The minimum atomic E-state index is -0.100. The number of ether oxygens (including phenoxy) is 1. The van der Waals surface area contributed by atoms with Gasteiger partial charge in [-0.2, -0.15) is 5.10 Å². The average molecular weight is 518 g/mol. The van der Waals surface area contributed by atoms with Gasteiger partial charge in [0.15, 0.2) is 0 Å². The zero-order chi connectivity index (χ0) is 25.9. The number of hydrogen-bond acceptors (Lipinski definition) is 6. The second-order valence-electron chi connectivity index (χ2n) is 8.58. The molecule has 0 radical (unpaired) electrons. The highest BCUT2D eigenvalue weighted by Crippen LogP contribution is 2.20. The Morgan fingerprint density at radius 2 is 2.00 bits per heavy atom. The van der Waals surface area contributed by atoms with E-state index in [4.69, 9.17) is 21.4 Å². The van der Waals surface area contributed by atoms with E-state index in [-0.39, 0.29) is 17.5 Å². The number of methoxy groups -OCH3 is 1. The van der Waals surface area contributed by atoms with E-state index in [1.165, 1.54) is 0 Å². The summed E-state index contributed by atoms with van der Waals surface area (Å²) in [5, 5.41) is 9.81. The SMILES string of the molecule is CF.COCCC(=O)NCCN1CCCC1Cn1nc(Cc2ccc(Cl)cc2)c2cnccc2c1=O. The van der Waals surface area contributed by atoms with Crippen LogP contribution in [0.4, 0.5) is 4.39 Å². The van der Waals surface area contributed by atoms with E-state index in [2.05, 4.69) is 15.2 Å². The van der Waals surface area contributed by atoms with E-state index >= 15 is 0 Å². The molecular formula is C26H33ClFN5O3. The highest BCUT2D eigenvalue weighted by molar-refractivity contribution is 6.30. The van der Waals surface area contributed by atoms with Gasteiger partial charge in [-0.05, 0) is 43.1 Å². The summed E-state index contributed by atoms with van der Waals surface area (Å²) in [5.41, 5.74) is 1.79. The zero-order valence-corrected chi connectivity index (χ0v) is 21.5. The number of halogens is 2. The predicted molar refractivity (Wildman–Crippen MR) is 139 cm³/mol. The molecule has 8 nitrogen and oxygen atoms in total. The predicted octanol–water partition coefficient (Wildman–Crippen LogP) is 3.24. The largest absolute Gasteiger partial charge is 0.384 e. The van der Waals surface area contributed by atoms with Crippen LogP contribution in [0.2, 0.25) is 5.02 Å². The maximum absolute atomic E-state index is 13.2. The van der Waals surface area contributed by atoms with Crippen molar-refractivity contribution in [1.29, 1.82) is 0 Å². The van der Waals surface area contributed by atoms with E-state index in [9.17, 15) is 14.0 Å². The number of fused-ring (bicyclic) bond motifs is 1. The molecule has 194 valence electrons. The smallest absolute Gasteiger partial charge is 0.274 e. The van der Waals surface area contributed by atoms with Gasteiger partial charge in [-0.1, -0.05) is 23.7 Å². The monoisotopic (exact) mass is 517 g/mol. The van der Waals surface area contributed by atoms with Gasteiger partial charge in [-0.3, -0.25) is 23.9 Å². The lowest BCUT2D eigenvalue weighted by atomic mass is 10.1. The number of hydrogen-bond donors (Lipinski definition) is 1. The third kappa shape index (κ3) is 7.32. The van der Waals surface area contributed by atoms with Crippen molar-refractivity contribution in [1.82, 2.24) is 25.0 Å². The minimum absolute atomic E-state index is 0.00883. The topological polar surface area (TPSA) is 89.3 Å². The molecule has 1 unspecified atom stereocenters. The van der Waals surface area contributed by atoms with Crippen LogP contribution in [0, 0.1) is 0 Å². The standard InChI is InChI=1S/C25H30ClN5O3.CH3F/c1-34-14-9-24(32)28-11-13-30-12-2-3-20(30)17-31-25(33)21-8-10-27-16-22(21)23(29-31)15-18-4-6-19(26)7-5-18;1-2/h4-8,10,16,20H,2-3,9,11-15,17H2,1H3,(H,28,32);1H3. The Labute approximate surface area is 215 Å². The Morgan fingerprint density at radius 1 is 1.22 bits per heavy atom. The number of alkyl halides is 1. The number of pyridine rings is 1. The van der Waals surface area contributed by atoms with Crippen molar-refractivity contribution >= 4 is 28.3 Å². The quantitative estimate of drug-likeness (QED) is 0.444. The highest BCUT2D eigenvalue weighted by atomic mass is 35.5. The number of carbonyl (C=O) groups excluding carboxylic acids is 1. The molecule has 1 fully saturated rings. The highest BCUT2D eigenvalue weighted by Gasteiger charge is 2.26. The van der Waals surface area contributed by atoms with Crippen molar-refractivity contribution in [3.63, 3.8) is 0 Å². The maximum atomic E-state index is 13.2. The second kappa shape index (κ2) is 14.0. The van der Waals surface area contributed by atoms with E-state index in [1.54, 1.807) is 30.3 Å². The van der Waals surface area contributed by atoms with E-state index in [1.807, 2.05) is 24.3 Å². The minimum Gasteiger partial charge on any atom is -0.384 e. The van der Waals surface area contributed by atoms with Gasteiger partial charge in [0.1, 0.15) is 0 Å². The molecule has 3 aromatic rings. The lowest BCUT2D eigenvalue weighted by Crippen LogP contribution is -2.41. The van der Waals surface area contributed by atoms with Gasteiger partial charge in [0.2, 0.25) is 5.91 Å². The number of carbonyl (C=O) groups is 1. The van der Waals surface area contributed by atoms with Gasteiger partial charge in [0.25, 0.3) is 5.56 Å². The summed E-state index contributed by atoms with van der Waals surface area (Å²) in [5.74, 6) is -0.00883. The van der Waals surface area contributed by atoms with Crippen molar-refractivity contribution in [2.24, 2.45) is 0 Å². The first-order chi connectivity index (χ1) is 17.5. The average Bonchev–Trinajstić information content (AvgIpc) is 3.34. The Balaban J connectivity index is 0.00000176. The summed E-state index contributed by atoms with van der Waals surface area (Å²) in [4.78, 5) is 31.6. The first-order valence-electron chi connectivity index (χ1n) is 12.0. The summed E-state index contributed by atoms with van der Waals surface area (Å²) < 4.78 is 16.1. The summed E-state index contributed by atoms with van der Waals surface area (Å²) in [6.45, 7) is 3.20.